The molecule has 6 heteroatoms. The summed E-state index contributed by atoms with van der Waals surface area (Å²) in [4.78, 5) is 8.88. The first-order chi connectivity index (χ1) is 11.4. The molecule has 0 saturated heterocycles. The largest absolute Gasteiger partial charge is 0.367 e. The van der Waals surface area contributed by atoms with Crippen LogP contribution in [0.25, 0.3) is 10.9 Å². The van der Waals surface area contributed by atoms with Crippen LogP contribution in [0.2, 0.25) is 0 Å². The zero-order valence-corrected chi connectivity index (χ0v) is 12.9. The maximum atomic E-state index is 4.57. The number of benzene rings is 1. The number of rotatable bonds is 4. The van der Waals surface area contributed by atoms with Crippen LogP contribution in [0.5, 0.6) is 0 Å². The van der Waals surface area contributed by atoms with E-state index in [4.69, 9.17) is 0 Å². The zero-order chi connectivity index (χ0) is 15.5. The first-order valence-corrected chi connectivity index (χ1v) is 8.16. The van der Waals surface area contributed by atoms with Crippen molar-refractivity contribution in [2.24, 2.45) is 0 Å². The van der Waals surface area contributed by atoms with Gasteiger partial charge in [0.25, 0.3) is 0 Å². The molecule has 118 valence electrons. The van der Waals surface area contributed by atoms with Crippen LogP contribution in [0.15, 0.2) is 36.7 Å². The second-order valence-electron chi connectivity index (χ2n) is 6.04. The summed E-state index contributed by atoms with van der Waals surface area (Å²) in [5, 5.41) is 14.9. The fourth-order valence-electron chi connectivity index (χ4n) is 3.10. The Kier molecular flexibility index (Phi) is 3.80. The molecule has 2 heterocycles. The summed E-state index contributed by atoms with van der Waals surface area (Å²) in [6, 6.07) is 8.49. The molecule has 0 atom stereocenters. The Balaban J connectivity index is 1.48. The second-order valence-corrected chi connectivity index (χ2v) is 6.04. The van der Waals surface area contributed by atoms with E-state index in [-0.39, 0.29) is 0 Å². The first-order valence-electron chi connectivity index (χ1n) is 8.16. The predicted octanol–water partition coefficient (Wildman–Crippen LogP) is 3.84. The third-order valence-corrected chi connectivity index (χ3v) is 4.31. The molecule has 3 aromatic rings. The molecular weight excluding hydrogens is 288 g/mol. The third kappa shape index (κ3) is 3.26. The lowest BCUT2D eigenvalue weighted by Crippen LogP contribution is -2.22. The first kappa shape index (κ1) is 14.0. The average molecular weight is 308 g/mol. The van der Waals surface area contributed by atoms with Gasteiger partial charge in [0.1, 0.15) is 5.82 Å². The average Bonchev–Trinajstić information content (AvgIpc) is 3.04. The van der Waals surface area contributed by atoms with Crippen molar-refractivity contribution in [1.29, 1.82) is 0 Å². The molecule has 0 aliphatic heterocycles. The lowest BCUT2D eigenvalue weighted by atomic mass is 9.95. The van der Waals surface area contributed by atoms with Crippen LogP contribution in [0.3, 0.4) is 0 Å². The van der Waals surface area contributed by atoms with Gasteiger partial charge >= 0.3 is 0 Å². The molecule has 0 amide bonds. The standard InChI is InChI=1S/C17H20N6/c1-2-4-13(5-3-1)20-16-8-9-18-17(22-16)21-14-7-6-12-11-19-23-15(12)10-14/h6-11,13H,1-5H2,(H,19,23)(H2,18,20,21,22). The van der Waals surface area contributed by atoms with Gasteiger partial charge in [0, 0.05) is 23.3 Å². The highest BCUT2D eigenvalue weighted by Gasteiger charge is 2.13. The molecular formula is C17H20N6. The number of anilines is 3. The molecule has 1 fully saturated rings. The Morgan fingerprint density at radius 3 is 2.91 bits per heavy atom. The zero-order valence-electron chi connectivity index (χ0n) is 12.9. The van der Waals surface area contributed by atoms with Crippen molar-refractivity contribution in [2.75, 3.05) is 10.6 Å². The molecule has 3 N–H and O–H groups in total. The van der Waals surface area contributed by atoms with Gasteiger partial charge in [0.15, 0.2) is 0 Å². The van der Waals surface area contributed by atoms with Gasteiger partial charge in [-0.3, -0.25) is 5.10 Å². The molecule has 2 aromatic heterocycles. The minimum absolute atomic E-state index is 0.535. The smallest absolute Gasteiger partial charge is 0.229 e. The number of nitrogens with one attached hydrogen (secondary N) is 3. The summed E-state index contributed by atoms with van der Waals surface area (Å²) in [5.74, 6) is 1.49. The lowest BCUT2D eigenvalue weighted by molar-refractivity contribution is 0.462. The van der Waals surface area contributed by atoms with Gasteiger partial charge in [0.2, 0.25) is 5.95 Å². The number of hydrogen-bond donors (Lipinski definition) is 3. The molecule has 1 saturated carbocycles. The van der Waals surface area contributed by atoms with Gasteiger partial charge in [0.05, 0.1) is 11.7 Å². The van der Waals surface area contributed by atoms with E-state index in [0.29, 0.717) is 12.0 Å². The number of nitrogens with zero attached hydrogens (tertiary/aromatic N) is 3. The highest BCUT2D eigenvalue weighted by atomic mass is 15.1. The van der Waals surface area contributed by atoms with Crippen LogP contribution in [0.4, 0.5) is 17.5 Å². The van der Waals surface area contributed by atoms with Crippen molar-refractivity contribution in [3.63, 3.8) is 0 Å². The fourth-order valence-corrected chi connectivity index (χ4v) is 3.10. The Bertz CT molecular complexity index is 790. The molecule has 6 nitrogen and oxygen atoms in total. The van der Waals surface area contributed by atoms with Crippen molar-refractivity contribution < 1.29 is 0 Å². The van der Waals surface area contributed by atoms with E-state index in [1.54, 1.807) is 6.20 Å². The number of hydrogen-bond acceptors (Lipinski definition) is 5. The van der Waals surface area contributed by atoms with Gasteiger partial charge in [-0.25, -0.2) is 4.98 Å². The van der Waals surface area contributed by atoms with Crippen LogP contribution in [0, 0.1) is 0 Å². The van der Waals surface area contributed by atoms with Crippen molar-refractivity contribution in [3.05, 3.63) is 36.7 Å². The predicted molar refractivity (Wildman–Crippen MR) is 91.9 cm³/mol. The van der Waals surface area contributed by atoms with Gasteiger partial charge < -0.3 is 10.6 Å². The van der Waals surface area contributed by atoms with E-state index >= 15 is 0 Å². The van der Waals surface area contributed by atoms with E-state index < -0.39 is 0 Å². The topological polar surface area (TPSA) is 78.5 Å². The Morgan fingerprint density at radius 2 is 2.00 bits per heavy atom. The molecule has 0 bridgehead atoms. The number of H-pyrrole nitrogens is 1. The summed E-state index contributed by atoms with van der Waals surface area (Å²) in [5.41, 5.74) is 1.93. The number of aromatic amines is 1. The van der Waals surface area contributed by atoms with E-state index in [0.717, 1.165) is 22.4 Å². The molecule has 23 heavy (non-hydrogen) atoms. The number of fused-ring (bicyclic) bond motifs is 1. The van der Waals surface area contributed by atoms with Crippen LogP contribution < -0.4 is 10.6 Å². The maximum Gasteiger partial charge on any atom is 0.229 e. The van der Waals surface area contributed by atoms with Crippen LogP contribution >= 0.6 is 0 Å². The Labute approximate surface area is 134 Å². The molecule has 4 rings (SSSR count). The van der Waals surface area contributed by atoms with Gasteiger partial charge in [-0.1, -0.05) is 19.3 Å². The van der Waals surface area contributed by atoms with Gasteiger partial charge in [-0.05, 0) is 37.1 Å². The minimum Gasteiger partial charge on any atom is -0.367 e. The number of aromatic nitrogens is 4. The quantitative estimate of drug-likeness (QED) is 0.682. The van der Waals surface area contributed by atoms with E-state index in [1.807, 2.05) is 30.5 Å². The second kappa shape index (κ2) is 6.24. The van der Waals surface area contributed by atoms with Gasteiger partial charge in [-0.2, -0.15) is 10.1 Å². The summed E-state index contributed by atoms with van der Waals surface area (Å²) in [6.07, 6.45) is 10.0. The Morgan fingerprint density at radius 1 is 1.09 bits per heavy atom. The van der Waals surface area contributed by atoms with Crippen molar-refractivity contribution in [3.8, 4) is 0 Å². The lowest BCUT2D eigenvalue weighted by Gasteiger charge is -2.23. The summed E-state index contributed by atoms with van der Waals surface area (Å²) in [7, 11) is 0. The molecule has 1 aliphatic rings. The molecule has 1 aliphatic carbocycles. The highest BCUT2D eigenvalue weighted by molar-refractivity contribution is 5.82. The maximum absolute atomic E-state index is 4.57. The van der Waals surface area contributed by atoms with Crippen molar-refractivity contribution in [1.82, 2.24) is 20.2 Å². The molecule has 1 aromatic carbocycles. The minimum atomic E-state index is 0.535. The monoisotopic (exact) mass is 308 g/mol. The molecule has 0 spiro atoms. The van der Waals surface area contributed by atoms with E-state index in [9.17, 15) is 0 Å². The summed E-state index contributed by atoms with van der Waals surface area (Å²) < 4.78 is 0. The summed E-state index contributed by atoms with van der Waals surface area (Å²) >= 11 is 0. The van der Waals surface area contributed by atoms with Crippen LogP contribution in [0.1, 0.15) is 32.1 Å². The van der Waals surface area contributed by atoms with Crippen LogP contribution in [-0.4, -0.2) is 26.2 Å². The van der Waals surface area contributed by atoms with Gasteiger partial charge in [-0.15, -0.1) is 0 Å². The van der Waals surface area contributed by atoms with E-state index in [1.165, 1.54) is 32.1 Å². The SMILES string of the molecule is c1cc(NC2CCCCC2)nc(Nc2ccc3cn[nH]c3c2)n1. The fraction of sp³-hybridized carbons (Fsp3) is 0.353. The van der Waals surface area contributed by atoms with Crippen molar-refractivity contribution >= 4 is 28.4 Å². The van der Waals surface area contributed by atoms with Crippen LogP contribution in [-0.2, 0) is 0 Å². The molecule has 0 radical (unpaired) electrons. The normalized spacial score (nSPS) is 15.7. The van der Waals surface area contributed by atoms with E-state index in [2.05, 4.69) is 30.8 Å². The van der Waals surface area contributed by atoms with Crippen molar-refractivity contribution in [2.45, 2.75) is 38.1 Å². The molecule has 0 unspecified atom stereocenters. The highest BCUT2D eigenvalue weighted by Crippen LogP contribution is 2.22. The summed E-state index contributed by atoms with van der Waals surface area (Å²) in [6.45, 7) is 0. The third-order valence-electron chi connectivity index (χ3n) is 4.31. The Hall–Kier alpha value is -2.63.